The second-order valence-electron chi connectivity index (χ2n) is 3.76. The lowest BCUT2D eigenvalue weighted by molar-refractivity contribution is 0.321. The third-order valence-electron chi connectivity index (χ3n) is 2.77. The molecule has 10 heavy (non-hydrogen) atoms. The molecule has 1 saturated carbocycles. The van der Waals surface area contributed by atoms with E-state index in [4.69, 9.17) is 12.2 Å². The van der Waals surface area contributed by atoms with Gasteiger partial charge in [0, 0.05) is 0 Å². The van der Waals surface area contributed by atoms with Gasteiger partial charge < -0.3 is 0 Å². The topological polar surface area (TPSA) is 0 Å². The van der Waals surface area contributed by atoms with Gasteiger partial charge in [-0.05, 0) is 35.5 Å². The Balaban J connectivity index is 2.54. The molecule has 1 rings (SSSR count). The molecule has 0 aliphatic heterocycles. The highest BCUT2D eigenvalue weighted by Crippen LogP contribution is 2.31. The molecule has 3 atom stereocenters. The average Bonchev–Trinajstić information content (AvgIpc) is 1.84. The maximum atomic E-state index is 5.26. The van der Waals surface area contributed by atoms with Crippen LogP contribution >= 0.6 is 12.2 Å². The Morgan fingerprint density at radius 3 is 2.30 bits per heavy atom. The Labute approximate surface area is 69.0 Å². The van der Waals surface area contributed by atoms with Crippen LogP contribution in [0.25, 0.3) is 0 Å². The van der Waals surface area contributed by atoms with E-state index in [9.17, 15) is 0 Å². The van der Waals surface area contributed by atoms with Crippen LogP contribution in [0.4, 0.5) is 0 Å². The molecule has 0 aromatic heterocycles. The molecule has 0 nitrogen and oxygen atoms in total. The lowest BCUT2D eigenvalue weighted by atomic mass is 9.76. The molecular formula is C9H16S. The van der Waals surface area contributed by atoms with Crippen molar-refractivity contribution in [3.05, 3.63) is 0 Å². The predicted molar refractivity (Wildman–Crippen MR) is 49.3 cm³/mol. The molecule has 1 fully saturated rings. The van der Waals surface area contributed by atoms with Gasteiger partial charge in [-0.15, -0.1) is 0 Å². The molecule has 0 radical (unpaired) electrons. The van der Waals surface area contributed by atoms with Gasteiger partial charge in [0.15, 0.2) is 0 Å². The summed E-state index contributed by atoms with van der Waals surface area (Å²) in [5.41, 5.74) is 0. The first-order valence-electron chi connectivity index (χ1n) is 4.14. The quantitative estimate of drug-likeness (QED) is 0.486. The molecular weight excluding hydrogens is 140 g/mol. The van der Waals surface area contributed by atoms with Crippen molar-refractivity contribution in [1.82, 2.24) is 0 Å². The van der Waals surface area contributed by atoms with Gasteiger partial charge in [-0.1, -0.05) is 33.0 Å². The van der Waals surface area contributed by atoms with Crippen molar-refractivity contribution in [2.24, 2.45) is 17.8 Å². The summed E-state index contributed by atoms with van der Waals surface area (Å²) in [6.45, 7) is 6.90. The fourth-order valence-corrected chi connectivity index (χ4v) is 2.00. The van der Waals surface area contributed by atoms with Crippen LogP contribution in [-0.4, -0.2) is 4.86 Å². The predicted octanol–water partition coefficient (Wildman–Crippen LogP) is 3.06. The van der Waals surface area contributed by atoms with Crippen LogP contribution in [0, 0.1) is 17.8 Å². The lowest BCUT2D eigenvalue weighted by Gasteiger charge is -2.30. The molecule has 0 amide bonds. The molecule has 0 aromatic carbocycles. The van der Waals surface area contributed by atoms with E-state index in [0.717, 1.165) is 11.8 Å². The van der Waals surface area contributed by atoms with Crippen LogP contribution in [0.15, 0.2) is 0 Å². The molecule has 58 valence electrons. The normalized spacial score (nSPS) is 41.9. The summed E-state index contributed by atoms with van der Waals surface area (Å²) in [5, 5.41) is 0. The van der Waals surface area contributed by atoms with Crippen LogP contribution in [0.3, 0.4) is 0 Å². The molecule has 0 N–H and O–H groups in total. The van der Waals surface area contributed by atoms with Crippen molar-refractivity contribution in [3.63, 3.8) is 0 Å². The zero-order chi connectivity index (χ0) is 7.72. The van der Waals surface area contributed by atoms with E-state index in [1.165, 1.54) is 17.7 Å². The number of thiocarbonyl (C=S) groups is 1. The Bertz CT molecular complexity index is 140. The minimum absolute atomic E-state index is 0.696. The van der Waals surface area contributed by atoms with Gasteiger partial charge in [0.25, 0.3) is 0 Å². The third-order valence-corrected chi connectivity index (χ3v) is 3.34. The first-order valence-corrected chi connectivity index (χ1v) is 4.54. The highest BCUT2D eigenvalue weighted by atomic mass is 32.1. The van der Waals surface area contributed by atoms with E-state index < -0.39 is 0 Å². The average molecular weight is 156 g/mol. The Kier molecular flexibility index (Phi) is 2.45. The van der Waals surface area contributed by atoms with E-state index >= 15 is 0 Å². The largest absolute Gasteiger partial charge is 0.0894 e. The molecule has 1 aliphatic rings. The summed E-state index contributed by atoms with van der Waals surface area (Å²) in [4.78, 5) is 1.30. The van der Waals surface area contributed by atoms with Crippen molar-refractivity contribution in [1.29, 1.82) is 0 Å². The van der Waals surface area contributed by atoms with Crippen LogP contribution in [0.5, 0.6) is 0 Å². The van der Waals surface area contributed by atoms with Crippen molar-refractivity contribution in [3.8, 4) is 0 Å². The summed E-state index contributed by atoms with van der Waals surface area (Å²) in [5.74, 6) is 2.39. The molecule has 0 heterocycles. The highest BCUT2D eigenvalue weighted by Gasteiger charge is 2.25. The van der Waals surface area contributed by atoms with Gasteiger partial charge in [0.1, 0.15) is 0 Å². The van der Waals surface area contributed by atoms with Crippen LogP contribution in [0.1, 0.15) is 33.6 Å². The fraction of sp³-hybridized carbons (Fsp3) is 0.889. The van der Waals surface area contributed by atoms with E-state index in [-0.39, 0.29) is 0 Å². The third kappa shape index (κ3) is 1.57. The zero-order valence-electron chi connectivity index (χ0n) is 7.05. The van der Waals surface area contributed by atoms with Crippen molar-refractivity contribution in [2.45, 2.75) is 33.6 Å². The zero-order valence-corrected chi connectivity index (χ0v) is 7.87. The number of hydrogen-bond donors (Lipinski definition) is 0. The van der Waals surface area contributed by atoms with E-state index in [2.05, 4.69) is 20.8 Å². The van der Waals surface area contributed by atoms with Gasteiger partial charge in [0.05, 0.1) is 0 Å². The lowest BCUT2D eigenvalue weighted by Crippen LogP contribution is -2.26. The summed E-state index contributed by atoms with van der Waals surface area (Å²) in [7, 11) is 0. The fourth-order valence-electron chi connectivity index (χ4n) is 1.64. The smallest absolute Gasteiger partial charge is 0.00405 e. The Morgan fingerprint density at radius 1 is 1.20 bits per heavy atom. The molecule has 1 heteroatoms. The van der Waals surface area contributed by atoms with Gasteiger partial charge in [0.2, 0.25) is 0 Å². The monoisotopic (exact) mass is 156 g/mol. The van der Waals surface area contributed by atoms with Crippen LogP contribution in [0.2, 0.25) is 0 Å². The standard InChI is InChI=1S/C9H16S/c1-6-4-8(3)9(10)5-7(6)2/h6-8H,4-5H2,1-3H3. The highest BCUT2D eigenvalue weighted by molar-refractivity contribution is 7.80. The molecule has 0 saturated heterocycles. The van der Waals surface area contributed by atoms with E-state index in [1.54, 1.807) is 0 Å². The van der Waals surface area contributed by atoms with Crippen LogP contribution in [-0.2, 0) is 0 Å². The first kappa shape index (κ1) is 8.19. The van der Waals surface area contributed by atoms with Crippen molar-refractivity contribution >= 4 is 17.1 Å². The number of rotatable bonds is 0. The van der Waals surface area contributed by atoms with Crippen LogP contribution < -0.4 is 0 Å². The minimum Gasteiger partial charge on any atom is -0.0894 e. The summed E-state index contributed by atoms with van der Waals surface area (Å²) in [6, 6.07) is 0. The summed E-state index contributed by atoms with van der Waals surface area (Å²) in [6.07, 6.45) is 2.48. The second-order valence-corrected chi connectivity index (χ2v) is 4.29. The van der Waals surface area contributed by atoms with Gasteiger partial charge in [-0.2, -0.15) is 0 Å². The molecule has 1 aliphatic carbocycles. The SMILES string of the molecule is CC1CC(C)C(C)CC1=S. The number of hydrogen-bond acceptors (Lipinski definition) is 1. The molecule has 3 unspecified atom stereocenters. The molecule has 0 spiro atoms. The maximum Gasteiger partial charge on any atom is -0.00405 e. The summed E-state index contributed by atoms with van der Waals surface area (Å²) < 4.78 is 0. The summed E-state index contributed by atoms with van der Waals surface area (Å²) >= 11 is 5.26. The van der Waals surface area contributed by atoms with Crippen molar-refractivity contribution < 1.29 is 0 Å². The van der Waals surface area contributed by atoms with Gasteiger partial charge >= 0.3 is 0 Å². The van der Waals surface area contributed by atoms with Gasteiger partial charge in [-0.3, -0.25) is 0 Å². The van der Waals surface area contributed by atoms with E-state index in [1.807, 2.05) is 0 Å². The Morgan fingerprint density at radius 2 is 1.80 bits per heavy atom. The minimum atomic E-state index is 0.696. The molecule has 0 bridgehead atoms. The van der Waals surface area contributed by atoms with Gasteiger partial charge in [-0.25, -0.2) is 0 Å². The molecule has 0 aromatic rings. The second kappa shape index (κ2) is 3.00. The Hall–Kier alpha value is 0.0900. The van der Waals surface area contributed by atoms with E-state index in [0.29, 0.717) is 5.92 Å². The first-order chi connectivity index (χ1) is 4.61. The maximum absolute atomic E-state index is 5.26. The van der Waals surface area contributed by atoms with Crippen molar-refractivity contribution in [2.75, 3.05) is 0 Å².